The number of nitrogens with zero attached hydrogens (tertiary/aromatic N) is 1. The molecule has 18 heavy (non-hydrogen) atoms. The number of rotatable bonds is 6. The molecular weight excluding hydrogens is 253 g/mol. The Balaban J connectivity index is 2.70. The van der Waals surface area contributed by atoms with Gasteiger partial charge in [0.15, 0.2) is 0 Å². The van der Waals surface area contributed by atoms with E-state index in [0.29, 0.717) is 18.0 Å². The van der Waals surface area contributed by atoms with Crippen LogP contribution in [0.15, 0.2) is 24.3 Å². The van der Waals surface area contributed by atoms with E-state index in [9.17, 15) is 9.18 Å². The van der Waals surface area contributed by atoms with E-state index >= 15 is 0 Å². The molecule has 0 atom stereocenters. The zero-order valence-corrected chi connectivity index (χ0v) is 11.6. The van der Waals surface area contributed by atoms with E-state index in [0.717, 1.165) is 6.42 Å². The van der Waals surface area contributed by atoms with E-state index in [1.54, 1.807) is 23.1 Å². The van der Waals surface area contributed by atoms with Gasteiger partial charge in [0, 0.05) is 18.5 Å². The molecule has 2 nitrogen and oxygen atoms in total. The second kappa shape index (κ2) is 7.37. The summed E-state index contributed by atoms with van der Waals surface area (Å²) in [4.78, 5) is 13.9. The second-order valence-electron chi connectivity index (χ2n) is 4.49. The van der Waals surface area contributed by atoms with Gasteiger partial charge in [-0.2, -0.15) is 0 Å². The van der Waals surface area contributed by atoms with Gasteiger partial charge >= 0.3 is 0 Å². The highest BCUT2D eigenvalue weighted by atomic mass is 35.5. The molecule has 0 bridgehead atoms. The predicted octanol–water partition coefficient (Wildman–Crippen LogP) is 3.23. The first-order chi connectivity index (χ1) is 8.56. The Kier molecular flexibility index (Phi) is 6.13. The number of amides is 1. The molecule has 0 unspecified atom stereocenters. The fourth-order valence-electron chi connectivity index (χ4n) is 1.81. The normalized spacial score (nSPS) is 10.7. The number of carbonyl (C=O) groups excluding carboxylic acids is 1. The standard InChI is InChI=1S/C14H19ClFNO/c1-11(2)17(9-5-8-15)14(18)10-12-6-3-4-7-13(12)16/h3-4,6-7,11H,5,8-10H2,1-2H3. The van der Waals surface area contributed by atoms with Gasteiger partial charge in [-0.05, 0) is 31.9 Å². The zero-order valence-electron chi connectivity index (χ0n) is 10.8. The molecule has 0 aromatic heterocycles. The van der Waals surface area contributed by atoms with Crippen molar-refractivity contribution in [2.45, 2.75) is 32.7 Å². The van der Waals surface area contributed by atoms with Crippen molar-refractivity contribution in [2.75, 3.05) is 12.4 Å². The number of carbonyl (C=O) groups is 1. The molecule has 100 valence electrons. The summed E-state index contributed by atoms with van der Waals surface area (Å²) in [6, 6.07) is 6.49. The molecule has 0 heterocycles. The highest BCUT2D eigenvalue weighted by molar-refractivity contribution is 6.17. The molecule has 0 saturated carbocycles. The third-order valence-corrected chi connectivity index (χ3v) is 3.04. The minimum Gasteiger partial charge on any atom is -0.340 e. The minimum atomic E-state index is -0.327. The monoisotopic (exact) mass is 271 g/mol. The van der Waals surface area contributed by atoms with Crippen molar-refractivity contribution in [3.05, 3.63) is 35.6 Å². The third-order valence-electron chi connectivity index (χ3n) is 2.78. The summed E-state index contributed by atoms with van der Waals surface area (Å²) < 4.78 is 13.5. The molecule has 1 aromatic rings. The van der Waals surface area contributed by atoms with Crippen molar-refractivity contribution >= 4 is 17.5 Å². The first kappa shape index (κ1) is 15.0. The molecule has 0 spiro atoms. The molecular formula is C14H19ClFNO. The maximum atomic E-state index is 13.5. The average molecular weight is 272 g/mol. The second-order valence-corrected chi connectivity index (χ2v) is 4.87. The van der Waals surface area contributed by atoms with Crippen LogP contribution in [0, 0.1) is 5.82 Å². The van der Waals surface area contributed by atoms with Crippen molar-refractivity contribution in [2.24, 2.45) is 0 Å². The van der Waals surface area contributed by atoms with Gasteiger partial charge in [0.25, 0.3) is 0 Å². The summed E-state index contributed by atoms with van der Waals surface area (Å²) >= 11 is 5.64. The molecule has 0 N–H and O–H groups in total. The maximum absolute atomic E-state index is 13.5. The predicted molar refractivity (Wildman–Crippen MR) is 72.3 cm³/mol. The molecule has 1 rings (SSSR count). The molecule has 0 saturated heterocycles. The molecule has 4 heteroatoms. The summed E-state index contributed by atoms with van der Waals surface area (Å²) in [6.07, 6.45) is 0.857. The molecule has 1 amide bonds. The first-order valence-corrected chi connectivity index (χ1v) is 6.68. The smallest absolute Gasteiger partial charge is 0.227 e. The Morgan fingerprint density at radius 2 is 2.06 bits per heavy atom. The summed E-state index contributed by atoms with van der Waals surface area (Å²) in [6.45, 7) is 4.52. The van der Waals surface area contributed by atoms with Crippen molar-refractivity contribution in [1.29, 1.82) is 0 Å². The van der Waals surface area contributed by atoms with Crippen LogP contribution in [0.1, 0.15) is 25.8 Å². The van der Waals surface area contributed by atoms with Gasteiger partial charge in [0.05, 0.1) is 6.42 Å². The van der Waals surface area contributed by atoms with Gasteiger partial charge in [-0.15, -0.1) is 11.6 Å². The van der Waals surface area contributed by atoms with E-state index in [1.807, 2.05) is 13.8 Å². The number of hydrogen-bond donors (Lipinski definition) is 0. The lowest BCUT2D eigenvalue weighted by Crippen LogP contribution is -2.39. The molecule has 0 aliphatic heterocycles. The lowest BCUT2D eigenvalue weighted by Gasteiger charge is -2.26. The van der Waals surface area contributed by atoms with Crippen molar-refractivity contribution < 1.29 is 9.18 Å². The largest absolute Gasteiger partial charge is 0.340 e. The minimum absolute atomic E-state index is 0.0554. The summed E-state index contributed by atoms with van der Waals surface area (Å²) in [7, 11) is 0. The first-order valence-electron chi connectivity index (χ1n) is 6.15. The van der Waals surface area contributed by atoms with Gasteiger partial charge in [0.2, 0.25) is 5.91 Å². The van der Waals surface area contributed by atoms with Crippen LogP contribution in [-0.4, -0.2) is 29.3 Å². The van der Waals surface area contributed by atoms with Crippen molar-refractivity contribution in [3.63, 3.8) is 0 Å². The van der Waals surface area contributed by atoms with Crippen LogP contribution >= 0.6 is 11.6 Å². The van der Waals surface area contributed by atoms with Crippen LogP contribution in [0.25, 0.3) is 0 Å². The van der Waals surface area contributed by atoms with E-state index < -0.39 is 0 Å². The van der Waals surface area contributed by atoms with Crippen LogP contribution in [0.4, 0.5) is 4.39 Å². The molecule has 0 aliphatic carbocycles. The Morgan fingerprint density at radius 3 is 2.61 bits per heavy atom. The Hall–Kier alpha value is -1.09. The lowest BCUT2D eigenvalue weighted by molar-refractivity contribution is -0.132. The Labute approximate surface area is 113 Å². The molecule has 0 radical (unpaired) electrons. The summed E-state index contributed by atoms with van der Waals surface area (Å²) in [5.74, 6) is 0.142. The van der Waals surface area contributed by atoms with Crippen LogP contribution < -0.4 is 0 Å². The van der Waals surface area contributed by atoms with Crippen molar-refractivity contribution in [1.82, 2.24) is 4.90 Å². The van der Waals surface area contributed by atoms with E-state index in [1.165, 1.54) is 6.07 Å². The molecule has 1 aromatic carbocycles. The fraction of sp³-hybridized carbons (Fsp3) is 0.500. The van der Waals surface area contributed by atoms with Gasteiger partial charge < -0.3 is 4.90 Å². The highest BCUT2D eigenvalue weighted by Gasteiger charge is 2.17. The fourth-order valence-corrected chi connectivity index (χ4v) is 1.93. The quantitative estimate of drug-likeness (QED) is 0.728. The summed E-state index contributed by atoms with van der Waals surface area (Å²) in [5, 5.41) is 0. The maximum Gasteiger partial charge on any atom is 0.227 e. The highest BCUT2D eigenvalue weighted by Crippen LogP contribution is 2.11. The van der Waals surface area contributed by atoms with Crippen LogP contribution in [0.5, 0.6) is 0 Å². The zero-order chi connectivity index (χ0) is 13.5. The lowest BCUT2D eigenvalue weighted by atomic mass is 10.1. The topological polar surface area (TPSA) is 20.3 Å². The third kappa shape index (κ3) is 4.30. The molecule has 0 aliphatic rings. The number of halogens is 2. The van der Waals surface area contributed by atoms with E-state index in [4.69, 9.17) is 11.6 Å². The van der Waals surface area contributed by atoms with Crippen LogP contribution in [-0.2, 0) is 11.2 Å². The Bertz CT molecular complexity index is 395. The average Bonchev–Trinajstić information content (AvgIpc) is 2.32. The van der Waals surface area contributed by atoms with Gasteiger partial charge in [-0.3, -0.25) is 4.79 Å². The Morgan fingerprint density at radius 1 is 1.39 bits per heavy atom. The SMILES string of the molecule is CC(C)N(CCCCl)C(=O)Cc1ccccc1F. The van der Waals surface area contributed by atoms with Gasteiger partial charge in [-0.25, -0.2) is 4.39 Å². The van der Waals surface area contributed by atoms with Crippen LogP contribution in [0.3, 0.4) is 0 Å². The van der Waals surface area contributed by atoms with Gasteiger partial charge in [0.1, 0.15) is 5.82 Å². The van der Waals surface area contributed by atoms with Crippen LogP contribution in [0.2, 0.25) is 0 Å². The number of hydrogen-bond acceptors (Lipinski definition) is 1. The number of alkyl halides is 1. The van der Waals surface area contributed by atoms with Crippen molar-refractivity contribution in [3.8, 4) is 0 Å². The molecule has 0 fully saturated rings. The van der Waals surface area contributed by atoms with Gasteiger partial charge in [-0.1, -0.05) is 18.2 Å². The van der Waals surface area contributed by atoms with E-state index in [2.05, 4.69) is 0 Å². The summed E-state index contributed by atoms with van der Waals surface area (Å²) in [5.41, 5.74) is 0.444. The number of benzene rings is 1. The van der Waals surface area contributed by atoms with E-state index in [-0.39, 0.29) is 24.2 Å².